The maximum atomic E-state index is 10.9. The maximum absolute atomic E-state index is 10.9. The summed E-state index contributed by atoms with van der Waals surface area (Å²) in [6.07, 6.45) is 7.73. The number of ether oxygens (including phenoxy) is 1. The van der Waals surface area contributed by atoms with Gasteiger partial charge in [0.25, 0.3) is 0 Å². The number of hydrogen-bond acceptors (Lipinski definition) is 3. The van der Waals surface area contributed by atoms with Crippen molar-refractivity contribution in [3.05, 3.63) is 58.5 Å². The molecular weight excluding hydrogens is 364 g/mol. The van der Waals surface area contributed by atoms with Gasteiger partial charge in [-0.1, -0.05) is 12.8 Å². The molecule has 1 fully saturated rings. The van der Waals surface area contributed by atoms with Gasteiger partial charge < -0.3 is 14.8 Å². The third-order valence-electron chi connectivity index (χ3n) is 6.04. The number of H-pyrrole nitrogens is 1. The normalized spacial score (nSPS) is 14.6. The number of aromatic nitrogens is 2. The van der Waals surface area contributed by atoms with Crippen molar-refractivity contribution in [3.8, 4) is 5.75 Å². The Kier molecular flexibility index (Phi) is 5.56. The fraction of sp³-hybridized carbons (Fsp3) is 0.417. The van der Waals surface area contributed by atoms with E-state index in [4.69, 9.17) is 14.8 Å². The van der Waals surface area contributed by atoms with Crippen LogP contribution in [0.15, 0.2) is 30.5 Å². The number of nitrogens with zero attached hydrogens (tertiary/aromatic N) is 1. The largest absolute Gasteiger partial charge is 0.489 e. The van der Waals surface area contributed by atoms with Crippen molar-refractivity contribution in [2.45, 2.75) is 64.9 Å². The molecule has 0 atom stereocenters. The van der Waals surface area contributed by atoms with Gasteiger partial charge >= 0.3 is 5.97 Å². The van der Waals surface area contributed by atoms with Gasteiger partial charge in [-0.25, -0.2) is 0 Å². The van der Waals surface area contributed by atoms with Crippen LogP contribution in [0.1, 0.15) is 66.1 Å². The maximum Gasteiger partial charge on any atom is 0.303 e. The van der Waals surface area contributed by atoms with Crippen molar-refractivity contribution in [2.24, 2.45) is 0 Å². The fourth-order valence-electron chi connectivity index (χ4n) is 4.45. The van der Waals surface area contributed by atoms with E-state index in [1.807, 2.05) is 31.3 Å². The molecule has 1 saturated carbocycles. The van der Waals surface area contributed by atoms with E-state index in [2.05, 4.69) is 18.0 Å². The molecular formula is C24H28N2O3. The second kappa shape index (κ2) is 8.27. The Morgan fingerprint density at radius 3 is 2.76 bits per heavy atom. The van der Waals surface area contributed by atoms with Crippen LogP contribution < -0.4 is 4.74 Å². The molecule has 0 radical (unpaired) electrons. The number of carboxylic acid groups (broad SMARTS) is 1. The third-order valence-corrected chi connectivity index (χ3v) is 6.04. The first kappa shape index (κ1) is 19.5. The van der Waals surface area contributed by atoms with E-state index in [1.54, 1.807) is 0 Å². The van der Waals surface area contributed by atoms with E-state index in [1.165, 1.54) is 36.9 Å². The van der Waals surface area contributed by atoms with Crippen molar-refractivity contribution in [1.29, 1.82) is 0 Å². The SMILES string of the molecule is Cc1cc(COc2ccc3[nH]c(CCC(=O)O)c(C)c3c2)cnc1C1CCCC1. The van der Waals surface area contributed by atoms with Gasteiger partial charge in [0.2, 0.25) is 0 Å². The molecule has 3 aromatic rings. The van der Waals surface area contributed by atoms with Crippen LogP contribution in [0.4, 0.5) is 0 Å². The Balaban J connectivity index is 1.46. The van der Waals surface area contributed by atoms with Gasteiger partial charge in [0.1, 0.15) is 12.4 Å². The monoisotopic (exact) mass is 392 g/mol. The first-order chi connectivity index (χ1) is 14.0. The molecule has 0 amide bonds. The number of aromatic amines is 1. The zero-order valence-corrected chi connectivity index (χ0v) is 17.1. The highest BCUT2D eigenvalue weighted by Crippen LogP contribution is 2.34. The second-order valence-electron chi connectivity index (χ2n) is 8.15. The van der Waals surface area contributed by atoms with Crippen LogP contribution in [0, 0.1) is 13.8 Å². The summed E-state index contributed by atoms with van der Waals surface area (Å²) >= 11 is 0. The van der Waals surface area contributed by atoms with Gasteiger partial charge in [0, 0.05) is 40.0 Å². The minimum Gasteiger partial charge on any atom is -0.489 e. The summed E-state index contributed by atoms with van der Waals surface area (Å²) in [7, 11) is 0. The van der Waals surface area contributed by atoms with Crippen LogP contribution in [-0.4, -0.2) is 21.0 Å². The van der Waals surface area contributed by atoms with Gasteiger partial charge in [-0.15, -0.1) is 0 Å². The highest BCUT2D eigenvalue weighted by molar-refractivity contribution is 5.86. The summed E-state index contributed by atoms with van der Waals surface area (Å²) in [5.41, 5.74) is 6.67. The minimum absolute atomic E-state index is 0.125. The number of carboxylic acids is 1. The summed E-state index contributed by atoms with van der Waals surface area (Å²) in [4.78, 5) is 18.9. The molecule has 1 aliphatic carbocycles. The topological polar surface area (TPSA) is 75.2 Å². The molecule has 0 bridgehead atoms. The van der Waals surface area contributed by atoms with Crippen molar-refractivity contribution < 1.29 is 14.6 Å². The average molecular weight is 392 g/mol. The first-order valence-electron chi connectivity index (χ1n) is 10.4. The summed E-state index contributed by atoms with van der Waals surface area (Å²) in [6, 6.07) is 8.17. The average Bonchev–Trinajstić information content (AvgIpc) is 3.33. The molecule has 0 saturated heterocycles. The lowest BCUT2D eigenvalue weighted by Crippen LogP contribution is -2.03. The van der Waals surface area contributed by atoms with Crippen molar-refractivity contribution in [1.82, 2.24) is 9.97 Å². The summed E-state index contributed by atoms with van der Waals surface area (Å²) < 4.78 is 6.03. The number of nitrogens with one attached hydrogen (secondary N) is 1. The van der Waals surface area contributed by atoms with Gasteiger partial charge in [-0.2, -0.15) is 0 Å². The third kappa shape index (κ3) is 4.29. The Hall–Kier alpha value is -2.82. The standard InChI is InChI=1S/C24H28N2O3/c1-15-11-17(13-25-24(15)18-5-3-4-6-18)14-29-19-7-8-22-20(12-19)16(2)21(26-22)9-10-23(27)28/h7-8,11-13,18,26H,3-6,9-10,14H2,1-2H3,(H,27,28). The van der Waals surface area contributed by atoms with Gasteiger partial charge in [-0.05, 0) is 68.5 Å². The van der Waals surface area contributed by atoms with Gasteiger partial charge in [0.05, 0.1) is 6.42 Å². The molecule has 152 valence electrons. The van der Waals surface area contributed by atoms with E-state index in [0.717, 1.165) is 33.5 Å². The number of carbonyl (C=O) groups is 1. The Morgan fingerprint density at radius 1 is 1.24 bits per heavy atom. The Bertz CT molecular complexity index is 1030. The minimum atomic E-state index is -0.782. The predicted octanol–water partition coefficient (Wildman–Crippen LogP) is 5.43. The number of pyridine rings is 1. The lowest BCUT2D eigenvalue weighted by Gasteiger charge is -2.13. The van der Waals surface area contributed by atoms with Crippen LogP contribution in [0.25, 0.3) is 10.9 Å². The number of fused-ring (bicyclic) bond motifs is 1. The fourth-order valence-corrected chi connectivity index (χ4v) is 4.45. The molecule has 4 rings (SSSR count). The molecule has 2 heterocycles. The second-order valence-corrected chi connectivity index (χ2v) is 8.15. The molecule has 0 unspecified atom stereocenters. The number of aliphatic carboxylic acids is 1. The molecule has 5 nitrogen and oxygen atoms in total. The number of hydrogen-bond donors (Lipinski definition) is 2. The molecule has 2 aromatic heterocycles. The summed E-state index contributed by atoms with van der Waals surface area (Å²) in [5, 5.41) is 10.00. The zero-order chi connectivity index (χ0) is 20.4. The zero-order valence-electron chi connectivity index (χ0n) is 17.1. The molecule has 5 heteroatoms. The summed E-state index contributed by atoms with van der Waals surface area (Å²) in [6.45, 7) is 4.66. The van der Waals surface area contributed by atoms with E-state index in [9.17, 15) is 4.79 Å². The predicted molar refractivity (Wildman–Crippen MR) is 114 cm³/mol. The van der Waals surface area contributed by atoms with Crippen LogP contribution in [0.5, 0.6) is 5.75 Å². The molecule has 2 N–H and O–H groups in total. The van der Waals surface area contributed by atoms with Crippen molar-refractivity contribution in [2.75, 3.05) is 0 Å². The van der Waals surface area contributed by atoms with Crippen LogP contribution in [0.2, 0.25) is 0 Å². The lowest BCUT2D eigenvalue weighted by molar-refractivity contribution is -0.136. The molecule has 0 spiro atoms. The smallest absolute Gasteiger partial charge is 0.303 e. The van der Waals surface area contributed by atoms with Gasteiger partial charge in [0.15, 0.2) is 0 Å². The number of rotatable bonds is 7. The Labute approximate surface area is 171 Å². The molecule has 1 aliphatic rings. The van der Waals surface area contributed by atoms with Crippen LogP contribution in [0.3, 0.4) is 0 Å². The quantitative estimate of drug-likeness (QED) is 0.562. The Morgan fingerprint density at radius 2 is 2.03 bits per heavy atom. The molecule has 1 aromatic carbocycles. The number of aryl methyl sites for hydroxylation is 3. The first-order valence-corrected chi connectivity index (χ1v) is 10.4. The highest BCUT2D eigenvalue weighted by Gasteiger charge is 2.20. The molecule has 29 heavy (non-hydrogen) atoms. The number of benzene rings is 1. The van der Waals surface area contributed by atoms with Gasteiger partial charge in [-0.3, -0.25) is 9.78 Å². The van der Waals surface area contributed by atoms with Crippen molar-refractivity contribution in [3.63, 3.8) is 0 Å². The van der Waals surface area contributed by atoms with E-state index in [0.29, 0.717) is 18.9 Å². The summed E-state index contributed by atoms with van der Waals surface area (Å²) in [5.74, 6) is 0.649. The van der Waals surface area contributed by atoms with E-state index >= 15 is 0 Å². The lowest BCUT2D eigenvalue weighted by atomic mass is 9.98. The van der Waals surface area contributed by atoms with Crippen LogP contribution in [-0.2, 0) is 17.8 Å². The van der Waals surface area contributed by atoms with Crippen molar-refractivity contribution >= 4 is 16.9 Å². The van der Waals surface area contributed by atoms with E-state index in [-0.39, 0.29) is 6.42 Å². The molecule has 0 aliphatic heterocycles. The van der Waals surface area contributed by atoms with E-state index < -0.39 is 5.97 Å². The van der Waals surface area contributed by atoms with Crippen LogP contribution >= 0.6 is 0 Å². The highest BCUT2D eigenvalue weighted by atomic mass is 16.5.